The first-order valence-corrected chi connectivity index (χ1v) is 6.03. The van der Waals surface area contributed by atoms with Gasteiger partial charge in [0, 0.05) is 26.3 Å². The van der Waals surface area contributed by atoms with Gasteiger partial charge in [0.15, 0.2) is 0 Å². The van der Waals surface area contributed by atoms with Crippen LogP contribution in [-0.4, -0.2) is 46.6 Å². The number of carbonyl (C=O) groups excluding carboxylic acids is 1. The second kappa shape index (κ2) is 5.82. The normalized spacial score (nSPS) is 11.2. The molecule has 0 fully saturated rings. The highest BCUT2D eigenvalue weighted by Gasteiger charge is 2.23. The maximum atomic E-state index is 12.4. The molecule has 0 unspecified atom stereocenters. The molecule has 0 saturated heterocycles. The Morgan fingerprint density at radius 2 is 2.22 bits per heavy atom. The molecule has 1 aromatic heterocycles. The molecule has 0 saturated carbocycles. The highest BCUT2D eigenvalue weighted by molar-refractivity contribution is 5.98. The Morgan fingerprint density at radius 1 is 1.56 bits per heavy atom. The molecule has 5 nitrogen and oxygen atoms in total. The van der Waals surface area contributed by atoms with Gasteiger partial charge >= 0.3 is 0 Å². The summed E-state index contributed by atoms with van der Waals surface area (Å²) in [6, 6.07) is 3.46. The molecular formula is C13H21N3O2. The van der Waals surface area contributed by atoms with Crippen LogP contribution in [0.4, 0.5) is 5.82 Å². The van der Waals surface area contributed by atoms with E-state index in [1.807, 2.05) is 6.92 Å². The molecule has 5 heteroatoms. The van der Waals surface area contributed by atoms with E-state index in [9.17, 15) is 9.90 Å². The molecule has 0 bridgehead atoms. The van der Waals surface area contributed by atoms with Gasteiger partial charge in [0.2, 0.25) is 0 Å². The number of pyridine rings is 1. The van der Waals surface area contributed by atoms with E-state index in [2.05, 4.69) is 10.3 Å². The summed E-state index contributed by atoms with van der Waals surface area (Å²) in [5.74, 6) is 0.425. The third-order valence-corrected chi connectivity index (χ3v) is 2.52. The Balaban J connectivity index is 2.97. The molecule has 1 heterocycles. The molecule has 0 spiro atoms. The van der Waals surface area contributed by atoms with Crippen LogP contribution in [0.2, 0.25) is 0 Å². The van der Waals surface area contributed by atoms with E-state index in [0.717, 1.165) is 0 Å². The number of amides is 1. The van der Waals surface area contributed by atoms with E-state index in [1.54, 1.807) is 44.1 Å². The number of hydrogen-bond acceptors (Lipinski definition) is 4. The van der Waals surface area contributed by atoms with Crippen molar-refractivity contribution in [2.45, 2.75) is 26.4 Å². The number of aromatic nitrogens is 1. The molecule has 0 aromatic carbocycles. The summed E-state index contributed by atoms with van der Waals surface area (Å²) in [5.41, 5.74) is -0.390. The van der Waals surface area contributed by atoms with Gasteiger partial charge in [0.1, 0.15) is 5.82 Å². The number of nitrogens with zero attached hydrogens (tertiary/aromatic N) is 2. The van der Waals surface area contributed by atoms with Crippen molar-refractivity contribution in [3.8, 4) is 0 Å². The van der Waals surface area contributed by atoms with Gasteiger partial charge in [0.25, 0.3) is 5.91 Å². The Labute approximate surface area is 108 Å². The minimum Gasteiger partial charge on any atom is -0.389 e. The van der Waals surface area contributed by atoms with Crippen LogP contribution in [0.25, 0.3) is 0 Å². The van der Waals surface area contributed by atoms with Crippen molar-refractivity contribution in [1.82, 2.24) is 9.88 Å². The summed E-state index contributed by atoms with van der Waals surface area (Å²) in [6.45, 7) is 6.09. The zero-order valence-corrected chi connectivity index (χ0v) is 11.4. The molecule has 1 amide bonds. The lowest BCUT2D eigenvalue weighted by Gasteiger charge is -2.28. The molecule has 18 heavy (non-hydrogen) atoms. The first-order valence-electron chi connectivity index (χ1n) is 6.03. The van der Waals surface area contributed by atoms with E-state index in [1.165, 1.54) is 0 Å². The molecule has 100 valence electrons. The topological polar surface area (TPSA) is 65.5 Å². The second-order valence-corrected chi connectivity index (χ2v) is 4.78. The zero-order chi connectivity index (χ0) is 13.8. The smallest absolute Gasteiger partial charge is 0.257 e. The fourth-order valence-corrected chi connectivity index (χ4v) is 1.74. The van der Waals surface area contributed by atoms with Crippen molar-refractivity contribution in [3.05, 3.63) is 23.9 Å². The number of anilines is 1. The van der Waals surface area contributed by atoms with Crippen molar-refractivity contribution in [2.75, 3.05) is 25.5 Å². The number of nitrogens with one attached hydrogen (secondary N) is 1. The van der Waals surface area contributed by atoms with Crippen LogP contribution in [0.1, 0.15) is 31.1 Å². The van der Waals surface area contributed by atoms with Crippen molar-refractivity contribution in [2.24, 2.45) is 0 Å². The molecule has 0 aliphatic heterocycles. The molecule has 0 radical (unpaired) electrons. The molecule has 2 N–H and O–H groups in total. The third-order valence-electron chi connectivity index (χ3n) is 2.52. The van der Waals surface area contributed by atoms with Crippen LogP contribution in [-0.2, 0) is 0 Å². The lowest BCUT2D eigenvalue weighted by atomic mass is 10.1. The molecule has 0 aliphatic carbocycles. The number of likely N-dealkylation sites (N-methyl/N-ethyl adjacent to an activating group) is 1. The van der Waals surface area contributed by atoms with Gasteiger partial charge in [-0.25, -0.2) is 4.98 Å². The largest absolute Gasteiger partial charge is 0.389 e. The van der Waals surface area contributed by atoms with E-state index in [4.69, 9.17) is 0 Å². The maximum Gasteiger partial charge on any atom is 0.257 e. The lowest BCUT2D eigenvalue weighted by molar-refractivity contribution is 0.0315. The molecular weight excluding hydrogens is 230 g/mol. The Hall–Kier alpha value is -1.62. The zero-order valence-electron chi connectivity index (χ0n) is 11.4. The Morgan fingerprint density at radius 3 is 2.72 bits per heavy atom. The van der Waals surface area contributed by atoms with Crippen molar-refractivity contribution < 1.29 is 9.90 Å². The lowest BCUT2D eigenvalue weighted by Crippen LogP contribution is -2.42. The fraction of sp³-hybridized carbons (Fsp3) is 0.538. The van der Waals surface area contributed by atoms with E-state index in [0.29, 0.717) is 24.5 Å². The van der Waals surface area contributed by atoms with Crippen LogP contribution in [0.5, 0.6) is 0 Å². The summed E-state index contributed by atoms with van der Waals surface area (Å²) >= 11 is 0. The summed E-state index contributed by atoms with van der Waals surface area (Å²) < 4.78 is 0. The van der Waals surface area contributed by atoms with Crippen molar-refractivity contribution in [1.29, 1.82) is 0 Å². The van der Waals surface area contributed by atoms with Crippen molar-refractivity contribution in [3.63, 3.8) is 0 Å². The SMILES string of the molecule is CCN(CC(C)(C)O)C(=O)c1cccnc1NC. The summed E-state index contributed by atoms with van der Waals surface area (Å²) in [5, 5.41) is 12.7. The van der Waals surface area contributed by atoms with Crippen LogP contribution < -0.4 is 5.32 Å². The summed E-state index contributed by atoms with van der Waals surface area (Å²) in [6.07, 6.45) is 1.63. The van der Waals surface area contributed by atoms with E-state index < -0.39 is 5.60 Å². The van der Waals surface area contributed by atoms with Gasteiger partial charge in [-0.3, -0.25) is 4.79 Å². The number of hydrogen-bond donors (Lipinski definition) is 2. The number of aliphatic hydroxyl groups is 1. The van der Waals surface area contributed by atoms with Crippen LogP contribution in [0.3, 0.4) is 0 Å². The minimum atomic E-state index is -0.909. The average Bonchev–Trinajstić information content (AvgIpc) is 2.34. The monoisotopic (exact) mass is 251 g/mol. The second-order valence-electron chi connectivity index (χ2n) is 4.78. The van der Waals surface area contributed by atoms with Gasteiger partial charge in [-0.05, 0) is 32.9 Å². The summed E-state index contributed by atoms with van der Waals surface area (Å²) in [7, 11) is 1.73. The van der Waals surface area contributed by atoms with Gasteiger partial charge in [-0.1, -0.05) is 0 Å². The van der Waals surface area contributed by atoms with Gasteiger partial charge in [0.05, 0.1) is 11.2 Å². The molecule has 0 atom stereocenters. The predicted molar refractivity (Wildman–Crippen MR) is 71.7 cm³/mol. The molecule has 1 aromatic rings. The first-order chi connectivity index (χ1) is 8.39. The van der Waals surface area contributed by atoms with E-state index in [-0.39, 0.29) is 5.91 Å². The van der Waals surface area contributed by atoms with Gasteiger partial charge in [-0.15, -0.1) is 0 Å². The Kier molecular flexibility index (Phi) is 4.67. The average molecular weight is 251 g/mol. The standard InChI is InChI=1S/C13H21N3O2/c1-5-16(9-13(2,3)18)12(17)10-7-6-8-15-11(10)14-4/h6-8,18H,5,9H2,1-4H3,(H,14,15). The van der Waals surface area contributed by atoms with Gasteiger partial charge < -0.3 is 15.3 Å². The van der Waals surface area contributed by atoms with Crippen molar-refractivity contribution >= 4 is 11.7 Å². The third kappa shape index (κ3) is 3.70. The number of rotatable bonds is 5. The molecule has 0 aliphatic rings. The number of carbonyl (C=O) groups is 1. The van der Waals surface area contributed by atoms with Crippen LogP contribution in [0, 0.1) is 0 Å². The van der Waals surface area contributed by atoms with Crippen LogP contribution in [0.15, 0.2) is 18.3 Å². The van der Waals surface area contributed by atoms with Gasteiger partial charge in [-0.2, -0.15) is 0 Å². The van der Waals surface area contributed by atoms with E-state index >= 15 is 0 Å². The highest BCUT2D eigenvalue weighted by atomic mass is 16.3. The minimum absolute atomic E-state index is 0.128. The fourth-order valence-electron chi connectivity index (χ4n) is 1.74. The van der Waals surface area contributed by atoms with Crippen LogP contribution >= 0.6 is 0 Å². The molecule has 1 rings (SSSR count). The predicted octanol–water partition coefficient (Wildman–Crippen LogP) is 1.36. The summed E-state index contributed by atoms with van der Waals surface area (Å²) in [4.78, 5) is 18.1. The quantitative estimate of drug-likeness (QED) is 0.829. The Bertz CT molecular complexity index is 413. The maximum absolute atomic E-state index is 12.4. The first kappa shape index (κ1) is 14.4. The highest BCUT2D eigenvalue weighted by Crippen LogP contribution is 2.15.